The Labute approximate surface area is 161 Å². The van der Waals surface area contributed by atoms with Gasteiger partial charge in [0.1, 0.15) is 5.82 Å². The molecule has 1 amide bonds. The molecule has 0 spiro atoms. The predicted octanol–water partition coefficient (Wildman–Crippen LogP) is 4.53. The first kappa shape index (κ1) is 19.6. The highest BCUT2D eigenvalue weighted by Crippen LogP contribution is 2.23. The molecule has 0 radical (unpaired) electrons. The Bertz CT molecular complexity index is 797. The van der Waals surface area contributed by atoms with E-state index in [0.29, 0.717) is 6.54 Å². The molecule has 27 heavy (non-hydrogen) atoms. The van der Waals surface area contributed by atoms with Crippen LogP contribution in [0.1, 0.15) is 48.1 Å². The molecule has 4 heteroatoms. The lowest BCUT2D eigenvalue weighted by molar-refractivity contribution is -0.127. The number of carbonyl (C=O) groups excluding carboxylic acids is 1. The first-order chi connectivity index (χ1) is 12.9. The van der Waals surface area contributed by atoms with Gasteiger partial charge in [-0.15, -0.1) is 0 Å². The van der Waals surface area contributed by atoms with Gasteiger partial charge in [-0.05, 0) is 63.9 Å². The third-order valence-electron chi connectivity index (χ3n) is 5.56. The van der Waals surface area contributed by atoms with E-state index in [9.17, 15) is 9.18 Å². The van der Waals surface area contributed by atoms with E-state index < -0.39 is 0 Å². The number of carbonyl (C=O) groups is 1. The number of nitrogens with one attached hydrogen (secondary N) is 1. The van der Waals surface area contributed by atoms with Crippen LogP contribution < -0.4 is 5.32 Å². The third-order valence-corrected chi connectivity index (χ3v) is 5.56. The van der Waals surface area contributed by atoms with Crippen molar-refractivity contribution in [3.05, 3.63) is 70.5 Å². The Morgan fingerprint density at radius 3 is 2.56 bits per heavy atom. The van der Waals surface area contributed by atoms with Crippen LogP contribution in [0.3, 0.4) is 0 Å². The summed E-state index contributed by atoms with van der Waals surface area (Å²) in [5.74, 6) is 0.0164. The summed E-state index contributed by atoms with van der Waals surface area (Å²) < 4.78 is 13.8. The topological polar surface area (TPSA) is 32.3 Å². The molecule has 0 bridgehead atoms. The van der Waals surface area contributed by atoms with Crippen LogP contribution >= 0.6 is 0 Å². The van der Waals surface area contributed by atoms with Crippen molar-refractivity contribution < 1.29 is 9.18 Å². The lowest BCUT2D eigenvalue weighted by Gasteiger charge is -2.32. The van der Waals surface area contributed by atoms with Crippen LogP contribution in [0.5, 0.6) is 0 Å². The number of nitrogens with zero attached hydrogens (tertiary/aromatic N) is 1. The molecule has 1 saturated heterocycles. The van der Waals surface area contributed by atoms with Crippen LogP contribution in [0.25, 0.3) is 0 Å². The van der Waals surface area contributed by atoms with Crippen molar-refractivity contribution in [3.8, 4) is 0 Å². The third kappa shape index (κ3) is 4.95. The summed E-state index contributed by atoms with van der Waals surface area (Å²) in [5.41, 5.74) is 4.34. The molecular formula is C23H29FN2O. The summed E-state index contributed by atoms with van der Waals surface area (Å²) in [4.78, 5) is 14.9. The molecule has 1 N–H and O–H groups in total. The smallest absolute Gasteiger partial charge is 0.223 e. The van der Waals surface area contributed by atoms with Gasteiger partial charge in [0.05, 0.1) is 6.04 Å². The van der Waals surface area contributed by atoms with Crippen LogP contribution in [0.15, 0.2) is 42.5 Å². The van der Waals surface area contributed by atoms with Gasteiger partial charge in [0.15, 0.2) is 0 Å². The van der Waals surface area contributed by atoms with E-state index in [0.717, 1.165) is 31.5 Å². The monoisotopic (exact) mass is 368 g/mol. The summed E-state index contributed by atoms with van der Waals surface area (Å²) >= 11 is 0. The fourth-order valence-corrected chi connectivity index (χ4v) is 3.94. The van der Waals surface area contributed by atoms with E-state index in [1.807, 2.05) is 19.1 Å². The zero-order valence-corrected chi connectivity index (χ0v) is 16.5. The van der Waals surface area contributed by atoms with E-state index in [1.54, 1.807) is 6.07 Å². The number of piperidine rings is 1. The molecule has 1 aliphatic heterocycles. The molecule has 3 nitrogen and oxygen atoms in total. The van der Waals surface area contributed by atoms with Gasteiger partial charge in [-0.2, -0.15) is 0 Å². The minimum Gasteiger partial charge on any atom is -0.349 e. The number of amides is 1. The number of rotatable bonds is 5. The number of aryl methyl sites for hydroxylation is 2. The maximum atomic E-state index is 13.8. The molecule has 1 atom stereocenters. The number of hydrogen-bond acceptors (Lipinski definition) is 2. The summed E-state index contributed by atoms with van der Waals surface area (Å²) in [6.45, 7) is 8.47. The maximum Gasteiger partial charge on any atom is 0.223 e. The van der Waals surface area contributed by atoms with Gasteiger partial charge in [0.25, 0.3) is 0 Å². The molecule has 2 aromatic rings. The molecule has 0 unspecified atom stereocenters. The van der Waals surface area contributed by atoms with Gasteiger partial charge in [0, 0.05) is 18.0 Å². The Hall–Kier alpha value is -2.20. The van der Waals surface area contributed by atoms with Gasteiger partial charge in [0.2, 0.25) is 5.91 Å². The standard InChI is InChI=1S/C23H29FN2O/c1-16-8-9-21(17(2)14-16)18(3)25-23(27)19-10-12-26(13-11-19)15-20-6-4-5-7-22(20)24/h4-9,14,18-19H,10-13,15H2,1-3H3,(H,25,27)/t18-/m0/s1. The highest BCUT2D eigenvalue weighted by Gasteiger charge is 2.26. The zero-order valence-electron chi connectivity index (χ0n) is 16.5. The second-order valence-electron chi connectivity index (χ2n) is 7.73. The van der Waals surface area contributed by atoms with Crippen LogP contribution in [0.2, 0.25) is 0 Å². The van der Waals surface area contributed by atoms with Gasteiger partial charge >= 0.3 is 0 Å². The van der Waals surface area contributed by atoms with Gasteiger partial charge in [-0.25, -0.2) is 4.39 Å². The fourth-order valence-electron chi connectivity index (χ4n) is 3.94. The number of likely N-dealkylation sites (tertiary alicyclic amines) is 1. The summed E-state index contributed by atoms with van der Waals surface area (Å²) in [5, 5.41) is 3.18. The normalized spacial score (nSPS) is 16.9. The average molecular weight is 368 g/mol. The van der Waals surface area contributed by atoms with Crippen LogP contribution in [-0.4, -0.2) is 23.9 Å². The molecule has 144 valence electrons. The SMILES string of the molecule is Cc1ccc([C@H](C)NC(=O)C2CCN(Cc3ccccc3F)CC2)c(C)c1. The Morgan fingerprint density at radius 2 is 1.89 bits per heavy atom. The van der Waals surface area contributed by atoms with Gasteiger partial charge < -0.3 is 5.32 Å². The highest BCUT2D eigenvalue weighted by molar-refractivity contribution is 5.79. The fraction of sp³-hybridized carbons (Fsp3) is 0.435. The first-order valence-electron chi connectivity index (χ1n) is 9.77. The number of halogens is 1. The van der Waals surface area contributed by atoms with Crippen LogP contribution in [-0.2, 0) is 11.3 Å². The zero-order chi connectivity index (χ0) is 19.4. The Morgan fingerprint density at radius 1 is 1.19 bits per heavy atom. The van der Waals surface area contributed by atoms with Crippen molar-refractivity contribution in [2.75, 3.05) is 13.1 Å². The van der Waals surface area contributed by atoms with E-state index in [2.05, 4.69) is 42.3 Å². The van der Waals surface area contributed by atoms with E-state index in [4.69, 9.17) is 0 Å². The van der Waals surface area contributed by atoms with E-state index in [1.165, 1.54) is 22.8 Å². The van der Waals surface area contributed by atoms with Crippen LogP contribution in [0, 0.1) is 25.6 Å². The van der Waals surface area contributed by atoms with Crippen LogP contribution in [0.4, 0.5) is 4.39 Å². The molecule has 1 aliphatic rings. The van der Waals surface area contributed by atoms with Gasteiger partial charge in [-0.3, -0.25) is 9.69 Å². The summed E-state index contributed by atoms with van der Waals surface area (Å²) in [7, 11) is 0. The predicted molar refractivity (Wildman–Crippen MR) is 107 cm³/mol. The molecular weight excluding hydrogens is 339 g/mol. The van der Waals surface area contributed by atoms with E-state index >= 15 is 0 Å². The van der Waals surface area contributed by atoms with Crippen molar-refractivity contribution in [1.29, 1.82) is 0 Å². The molecule has 3 rings (SSSR count). The second kappa shape index (κ2) is 8.66. The van der Waals surface area contributed by atoms with Crippen molar-refractivity contribution in [3.63, 3.8) is 0 Å². The van der Waals surface area contributed by atoms with Gasteiger partial charge in [-0.1, -0.05) is 42.0 Å². The minimum absolute atomic E-state index is 0.00884. The lowest BCUT2D eigenvalue weighted by Crippen LogP contribution is -2.41. The Balaban J connectivity index is 1.51. The highest BCUT2D eigenvalue weighted by atomic mass is 19.1. The van der Waals surface area contributed by atoms with Crippen molar-refractivity contribution in [1.82, 2.24) is 10.2 Å². The first-order valence-corrected chi connectivity index (χ1v) is 9.77. The molecule has 1 fully saturated rings. The molecule has 1 heterocycles. The second-order valence-corrected chi connectivity index (χ2v) is 7.73. The van der Waals surface area contributed by atoms with Crippen molar-refractivity contribution in [2.24, 2.45) is 5.92 Å². The maximum absolute atomic E-state index is 13.8. The Kier molecular flexibility index (Phi) is 6.27. The van der Waals surface area contributed by atoms with E-state index in [-0.39, 0.29) is 23.7 Å². The largest absolute Gasteiger partial charge is 0.349 e. The minimum atomic E-state index is -0.153. The van der Waals surface area contributed by atoms with Crippen molar-refractivity contribution >= 4 is 5.91 Å². The molecule has 2 aromatic carbocycles. The molecule has 0 aliphatic carbocycles. The number of hydrogen-bond donors (Lipinski definition) is 1. The quantitative estimate of drug-likeness (QED) is 0.841. The summed E-state index contributed by atoms with van der Waals surface area (Å²) in [6.07, 6.45) is 1.64. The summed E-state index contributed by atoms with van der Waals surface area (Å²) in [6, 6.07) is 13.3. The number of benzene rings is 2. The van der Waals surface area contributed by atoms with Crippen molar-refractivity contribution in [2.45, 2.75) is 46.2 Å². The average Bonchev–Trinajstić information content (AvgIpc) is 2.64. The molecule has 0 saturated carbocycles. The lowest BCUT2D eigenvalue weighted by atomic mass is 9.94. The molecule has 0 aromatic heterocycles.